The van der Waals surface area contributed by atoms with Crippen molar-refractivity contribution < 1.29 is 18.3 Å². The van der Waals surface area contributed by atoms with Crippen LogP contribution in [0.4, 0.5) is 0 Å². The first kappa shape index (κ1) is 26.3. The van der Waals surface area contributed by atoms with Gasteiger partial charge in [0.15, 0.2) is 0 Å². The van der Waals surface area contributed by atoms with Crippen LogP contribution in [0.3, 0.4) is 0 Å². The molecule has 0 unspecified atom stereocenters. The third-order valence-corrected chi connectivity index (χ3v) is 8.74. The minimum absolute atomic E-state index is 0.110. The van der Waals surface area contributed by atoms with E-state index in [9.17, 15) is 13.5 Å². The van der Waals surface area contributed by atoms with Crippen LogP contribution >= 0.6 is 0 Å². The summed E-state index contributed by atoms with van der Waals surface area (Å²) in [6, 6.07) is 16.8. The highest BCUT2D eigenvalue weighted by Crippen LogP contribution is 2.36. The summed E-state index contributed by atoms with van der Waals surface area (Å²) in [5.74, 6) is 0.232. The summed E-state index contributed by atoms with van der Waals surface area (Å²) in [6.45, 7) is 7.08. The molecule has 3 atom stereocenters. The van der Waals surface area contributed by atoms with Crippen molar-refractivity contribution in [2.45, 2.75) is 44.4 Å². The van der Waals surface area contributed by atoms with Crippen LogP contribution in [0.2, 0.25) is 0 Å². The van der Waals surface area contributed by atoms with Gasteiger partial charge in [-0.15, -0.1) is 0 Å². The molecule has 2 aromatic carbocycles. The monoisotopic (exact) mass is 509 g/mol. The van der Waals surface area contributed by atoms with Gasteiger partial charge in [-0.1, -0.05) is 48.9 Å². The molecule has 0 amide bonds. The third kappa shape index (κ3) is 5.78. The molecule has 192 valence electrons. The Balaban J connectivity index is 1.72. The SMILES string of the molecule is Cc1ccc(-c2ccc3c(c2)O[C@H](CN(C)Cc2cccnc2)[C@H](C)CN([C@H](C)CO)S3(=O)=O)cc1. The van der Waals surface area contributed by atoms with E-state index >= 15 is 0 Å². The van der Waals surface area contributed by atoms with Gasteiger partial charge in [0, 0.05) is 44.0 Å². The van der Waals surface area contributed by atoms with E-state index in [0.29, 0.717) is 18.8 Å². The molecule has 0 aliphatic carbocycles. The van der Waals surface area contributed by atoms with Gasteiger partial charge >= 0.3 is 0 Å². The number of sulfonamides is 1. The van der Waals surface area contributed by atoms with Crippen molar-refractivity contribution in [2.75, 3.05) is 26.7 Å². The summed E-state index contributed by atoms with van der Waals surface area (Å²) in [5, 5.41) is 9.85. The number of nitrogens with zero attached hydrogens (tertiary/aromatic N) is 3. The number of hydrogen-bond acceptors (Lipinski definition) is 6. The van der Waals surface area contributed by atoms with Crippen molar-refractivity contribution in [3.63, 3.8) is 0 Å². The van der Waals surface area contributed by atoms with Gasteiger partial charge in [-0.2, -0.15) is 4.31 Å². The van der Waals surface area contributed by atoms with Gasteiger partial charge in [0.1, 0.15) is 16.7 Å². The van der Waals surface area contributed by atoms with Gasteiger partial charge in [0.25, 0.3) is 0 Å². The molecule has 8 heteroatoms. The fourth-order valence-corrected chi connectivity index (χ4v) is 6.37. The molecule has 4 rings (SSSR count). The topological polar surface area (TPSA) is 83.0 Å². The molecule has 0 bridgehead atoms. The summed E-state index contributed by atoms with van der Waals surface area (Å²) in [5.41, 5.74) is 4.13. The number of rotatable bonds is 7. The highest BCUT2D eigenvalue weighted by molar-refractivity contribution is 7.89. The Labute approximate surface area is 214 Å². The average molecular weight is 510 g/mol. The van der Waals surface area contributed by atoms with Crippen LogP contribution < -0.4 is 4.74 Å². The maximum atomic E-state index is 13.7. The number of aromatic nitrogens is 1. The van der Waals surface area contributed by atoms with Gasteiger partial charge in [0.2, 0.25) is 10.0 Å². The molecule has 0 saturated heterocycles. The zero-order chi connectivity index (χ0) is 25.9. The maximum absolute atomic E-state index is 13.7. The van der Waals surface area contributed by atoms with Gasteiger partial charge in [-0.05, 0) is 55.8 Å². The second kappa shape index (κ2) is 11.1. The minimum Gasteiger partial charge on any atom is -0.487 e. The van der Waals surface area contributed by atoms with E-state index in [1.807, 2.05) is 75.6 Å². The fourth-order valence-electron chi connectivity index (χ4n) is 4.54. The quantitative estimate of drug-likeness (QED) is 0.519. The zero-order valence-electron chi connectivity index (χ0n) is 21.3. The Bertz CT molecular complexity index is 1270. The summed E-state index contributed by atoms with van der Waals surface area (Å²) >= 11 is 0. The molecule has 1 aliphatic rings. The molecule has 3 aromatic rings. The molecule has 36 heavy (non-hydrogen) atoms. The van der Waals surface area contributed by atoms with Crippen molar-refractivity contribution in [1.82, 2.24) is 14.2 Å². The lowest BCUT2D eigenvalue weighted by molar-refractivity contribution is 0.0734. The predicted molar refractivity (Wildman–Crippen MR) is 141 cm³/mol. The summed E-state index contributed by atoms with van der Waals surface area (Å²) in [6.07, 6.45) is 3.34. The number of benzene rings is 2. The highest BCUT2D eigenvalue weighted by atomic mass is 32.2. The lowest BCUT2D eigenvalue weighted by Crippen LogP contribution is -2.49. The van der Waals surface area contributed by atoms with Crippen LogP contribution in [-0.2, 0) is 16.6 Å². The van der Waals surface area contributed by atoms with E-state index < -0.39 is 16.1 Å². The Hall–Kier alpha value is -2.78. The van der Waals surface area contributed by atoms with E-state index in [0.717, 1.165) is 22.3 Å². The first-order valence-electron chi connectivity index (χ1n) is 12.3. The summed E-state index contributed by atoms with van der Waals surface area (Å²) < 4.78 is 35.3. The van der Waals surface area contributed by atoms with Crippen LogP contribution in [0.1, 0.15) is 25.0 Å². The first-order chi connectivity index (χ1) is 17.2. The largest absolute Gasteiger partial charge is 0.487 e. The number of aliphatic hydroxyl groups is 1. The minimum atomic E-state index is -3.87. The highest BCUT2D eigenvalue weighted by Gasteiger charge is 2.38. The predicted octanol–water partition coefficient (Wildman–Crippen LogP) is 3.96. The molecule has 0 radical (unpaired) electrons. The van der Waals surface area contributed by atoms with Crippen LogP contribution in [0.25, 0.3) is 11.1 Å². The van der Waals surface area contributed by atoms with Crippen LogP contribution in [0.5, 0.6) is 5.75 Å². The number of hydrogen-bond donors (Lipinski definition) is 1. The smallest absolute Gasteiger partial charge is 0.247 e. The van der Waals surface area contributed by atoms with Crippen LogP contribution in [-0.4, -0.2) is 66.6 Å². The second-order valence-corrected chi connectivity index (χ2v) is 11.7. The first-order valence-corrected chi connectivity index (χ1v) is 13.7. The van der Waals surface area contributed by atoms with E-state index in [1.54, 1.807) is 19.2 Å². The molecule has 1 aliphatic heterocycles. The Morgan fingerprint density at radius 2 is 1.89 bits per heavy atom. The number of aliphatic hydroxyl groups excluding tert-OH is 1. The van der Waals surface area contributed by atoms with Crippen LogP contribution in [0, 0.1) is 12.8 Å². The molecule has 1 aromatic heterocycles. The van der Waals surface area contributed by atoms with E-state index in [1.165, 1.54) is 4.31 Å². The lowest BCUT2D eigenvalue weighted by Gasteiger charge is -2.37. The molecule has 7 nitrogen and oxygen atoms in total. The van der Waals surface area contributed by atoms with Gasteiger partial charge in [0.05, 0.1) is 6.61 Å². The molecular weight excluding hydrogens is 474 g/mol. The lowest BCUT2D eigenvalue weighted by atomic mass is 10.0. The summed E-state index contributed by atoms with van der Waals surface area (Å²) in [4.78, 5) is 6.49. The zero-order valence-corrected chi connectivity index (χ0v) is 22.1. The molecule has 2 heterocycles. The number of aryl methyl sites for hydroxylation is 1. The Morgan fingerprint density at radius 3 is 2.56 bits per heavy atom. The average Bonchev–Trinajstić information content (AvgIpc) is 2.86. The Morgan fingerprint density at radius 1 is 1.17 bits per heavy atom. The number of pyridine rings is 1. The Kier molecular flexibility index (Phi) is 8.10. The number of likely N-dealkylation sites (N-methyl/N-ethyl adjacent to an activating group) is 1. The van der Waals surface area contributed by atoms with Gasteiger partial charge in [-0.3, -0.25) is 9.88 Å². The molecule has 0 saturated carbocycles. The van der Waals surface area contributed by atoms with Crippen molar-refractivity contribution in [3.05, 3.63) is 78.1 Å². The summed E-state index contributed by atoms with van der Waals surface area (Å²) in [7, 11) is -1.84. The van der Waals surface area contributed by atoms with Gasteiger partial charge < -0.3 is 9.84 Å². The molecule has 1 N–H and O–H groups in total. The number of fused-ring (bicyclic) bond motifs is 1. The third-order valence-electron chi connectivity index (χ3n) is 6.72. The van der Waals surface area contributed by atoms with Crippen molar-refractivity contribution in [3.8, 4) is 16.9 Å². The number of ether oxygens (including phenoxy) is 1. The molecule has 0 spiro atoms. The van der Waals surface area contributed by atoms with E-state index in [-0.39, 0.29) is 30.1 Å². The van der Waals surface area contributed by atoms with E-state index in [4.69, 9.17) is 4.74 Å². The molecular formula is C28H35N3O4S. The van der Waals surface area contributed by atoms with E-state index in [2.05, 4.69) is 9.88 Å². The van der Waals surface area contributed by atoms with Crippen molar-refractivity contribution in [1.29, 1.82) is 0 Å². The fraction of sp³-hybridized carbons (Fsp3) is 0.393. The van der Waals surface area contributed by atoms with Crippen molar-refractivity contribution >= 4 is 10.0 Å². The van der Waals surface area contributed by atoms with Crippen LogP contribution in [0.15, 0.2) is 71.9 Å². The standard InChI is InChI=1S/C28H35N3O4S/c1-20-7-9-24(10-8-20)25-11-12-28-26(14-25)35-27(18-30(4)17-23-6-5-13-29-15-23)21(2)16-31(22(3)19-32)36(28,33)34/h5-15,21-22,27,32H,16-19H2,1-4H3/t21-,22-,27-/m1/s1. The van der Waals surface area contributed by atoms with Crippen molar-refractivity contribution in [2.24, 2.45) is 5.92 Å². The maximum Gasteiger partial charge on any atom is 0.247 e. The van der Waals surface area contributed by atoms with Gasteiger partial charge in [-0.25, -0.2) is 8.42 Å². The second-order valence-electron chi connectivity index (χ2n) is 9.83. The molecule has 0 fully saturated rings. The normalized spacial score (nSPS) is 20.7.